The minimum atomic E-state index is -0.591. The molecule has 0 heterocycles. The standard InChI is InChI=1S/C15H21BrN2O3/c1-15(2,3)17-14(20)21-10-13(19)18(4)9-11-6-5-7-12(16)8-11/h5-8H,9-10H2,1-4H3,(H,17,20). The molecule has 0 aliphatic carbocycles. The smallest absolute Gasteiger partial charge is 0.408 e. The van der Waals surface area contributed by atoms with Gasteiger partial charge >= 0.3 is 6.09 Å². The number of carbonyl (C=O) groups is 2. The summed E-state index contributed by atoms with van der Waals surface area (Å²) in [6.07, 6.45) is -0.591. The predicted octanol–water partition coefficient (Wildman–Crippen LogP) is 2.93. The molecule has 1 N–H and O–H groups in total. The molecule has 0 aliphatic rings. The fourth-order valence-corrected chi connectivity index (χ4v) is 2.02. The summed E-state index contributed by atoms with van der Waals surface area (Å²) in [5.74, 6) is -0.251. The molecule has 0 unspecified atom stereocenters. The molecule has 1 rings (SSSR count). The molecular weight excluding hydrogens is 336 g/mol. The van der Waals surface area contributed by atoms with E-state index in [1.165, 1.54) is 4.90 Å². The molecule has 0 saturated carbocycles. The topological polar surface area (TPSA) is 58.6 Å². The highest BCUT2D eigenvalue weighted by Gasteiger charge is 2.17. The van der Waals surface area contributed by atoms with Crippen molar-refractivity contribution in [2.24, 2.45) is 0 Å². The minimum Gasteiger partial charge on any atom is -0.439 e. The lowest BCUT2D eigenvalue weighted by Crippen LogP contribution is -2.42. The average Bonchev–Trinajstić information content (AvgIpc) is 2.33. The summed E-state index contributed by atoms with van der Waals surface area (Å²) in [6.45, 7) is 5.72. The number of hydrogen-bond acceptors (Lipinski definition) is 3. The van der Waals surface area contributed by atoms with Crippen molar-refractivity contribution in [2.75, 3.05) is 13.7 Å². The van der Waals surface area contributed by atoms with Crippen molar-refractivity contribution in [2.45, 2.75) is 32.9 Å². The first-order valence-corrected chi connectivity index (χ1v) is 7.40. The van der Waals surface area contributed by atoms with E-state index in [1.54, 1.807) is 7.05 Å². The second-order valence-electron chi connectivity index (χ2n) is 5.83. The van der Waals surface area contributed by atoms with E-state index in [2.05, 4.69) is 21.2 Å². The summed E-state index contributed by atoms with van der Waals surface area (Å²) in [5.41, 5.74) is 0.613. The molecule has 2 amide bonds. The van der Waals surface area contributed by atoms with Crippen LogP contribution >= 0.6 is 15.9 Å². The van der Waals surface area contributed by atoms with E-state index in [4.69, 9.17) is 4.74 Å². The molecule has 0 fully saturated rings. The van der Waals surface area contributed by atoms with E-state index < -0.39 is 6.09 Å². The Morgan fingerprint density at radius 1 is 1.33 bits per heavy atom. The fourth-order valence-electron chi connectivity index (χ4n) is 1.58. The number of halogens is 1. The molecular formula is C15H21BrN2O3. The number of nitrogens with one attached hydrogen (secondary N) is 1. The van der Waals surface area contributed by atoms with Gasteiger partial charge in [-0.3, -0.25) is 4.79 Å². The maximum absolute atomic E-state index is 11.9. The molecule has 1 aromatic rings. The van der Waals surface area contributed by atoms with Crippen LogP contribution in [-0.2, 0) is 16.1 Å². The summed E-state index contributed by atoms with van der Waals surface area (Å²) < 4.78 is 5.87. The van der Waals surface area contributed by atoms with Crippen molar-refractivity contribution in [1.29, 1.82) is 0 Å². The molecule has 21 heavy (non-hydrogen) atoms. The van der Waals surface area contributed by atoms with E-state index in [0.717, 1.165) is 10.0 Å². The van der Waals surface area contributed by atoms with Crippen LogP contribution in [0.5, 0.6) is 0 Å². The summed E-state index contributed by atoms with van der Waals surface area (Å²) in [6, 6.07) is 7.70. The van der Waals surface area contributed by atoms with Crippen LogP contribution in [0, 0.1) is 0 Å². The van der Waals surface area contributed by atoms with Gasteiger partial charge in [0, 0.05) is 23.6 Å². The van der Waals surface area contributed by atoms with Gasteiger partial charge in [-0.2, -0.15) is 0 Å². The van der Waals surface area contributed by atoms with Gasteiger partial charge in [-0.25, -0.2) is 4.79 Å². The zero-order valence-electron chi connectivity index (χ0n) is 12.8. The molecule has 0 bridgehead atoms. The third-order valence-corrected chi connectivity index (χ3v) is 3.03. The number of alkyl carbamates (subject to hydrolysis) is 1. The zero-order valence-corrected chi connectivity index (χ0v) is 14.4. The number of benzene rings is 1. The predicted molar refractivity (Wildman–Crippen MR) is 84.9 cm³/mol. The van der Waals surface area contributed by atoms with Crippen LogP contribution < -0.4 is 5.32 Å². The van der Waals surface area contributed by atoms with E-state index in [-0.39, 0.29) is 18.1 Å². The van der Waals surface area contributed by atoms with E-state index in [0.29, 0.717) is 6.54 Å². The summed E-state index contributed by atoms with van der Waals surface area (Å²) in [7, 11) is 1.67. The Labute approximate surface area is 133 Å². The van der Waals surface area contributed by atoms with Crippen molar-refractivity contribution < 1.29 is 14.3 Å². The van der Waals surface area contributed by atoms with Gasteiger partial charge in [-0.05, 0) is 38.5 Å². The number of likely N-dealkylation sites (N-methyl/N-ethyl adjacent to an activating group) is 1. The van der Waals surface area contributed by atoms with Gasteiger partial charge in [0.2, 0.25) is 0 Å². The number of rotatable bonds is 4. The highest BCUT2D eigenvalue weighted by Crippen LogP contribution is 2.13. The van der Waals surface area contributed by atoms with Crippen LogP contribution in [0.3, 0.4) is 0 Å². The lowest BCUT2D eigenvalue weighted by Gasteiger charge is -2.21. The maximum Gasteiger partial charge on any atom is 0.408 e. The Hall–Kier alpha value is -1.56. The minimum absolute atomic E-state index is 0.251. The van der Waals surface area contributed by atoms with Crippen LogP contribution in [0.4, 0.5) is 4.79 Å². The van der Waals surface area contributed by atoms with Crippen molar-refractivity contribution >= 4 is 27.9 Å². The first-order chi connectivity index (χ1) is 9.67. The number of ether oxygens (including phenoxy) is 1. The molecule has 0 saturated heterocycles. The lowest BCUT2D eigenvalue weighted by atomic mass is 10.1. The van der Waals surface area contributed by atoms with Crippen LogP contribution in [0.15, 0.2) is 28.7 Å². The van der Waals surface area contributed by atoms with Gasteiger partial charge in [-0.15, -0.1) is 0 Å². The highest BCUT2D eigenvalue weighted by molar-refractivity contribution is 9.10. The van der Waals surface area contributed by atoms with Gasteiger partial charge in [0.15, 0.2) is 6.61 Å². The summed E-state index contributed by atoms with van der Waals surface area (Å²) >= 11 is 3.39. The fraction of sp³-hybridized carbons (Fsp3) is 0.467. The Morgan fingerprint density at radius 2 is 2.00 bits per heavy atom. The van der Waals surface area contributed by atoms with Crippen LogP contribution in [0.1, 0.15) is 26.3 Å². The first kappa shape index (κ1) is 17.5. The second kappa shape index (κ2) is 7.45. The van der Waals surface area contributed by atoms with E-state index in [9.17, 15) is 9.59 Å². The zero-order chi connectivity index (χ0) is 16.0. The normalized spacial score (nSPS) is 10.9. The number of nitrogens with zero attached hydrogens (tertiary/aromatic N) is 1. The maximum atomic E-state index is 11.9. The van der Waals surface area contributed by atoms with Gasteiger partial charge in [-0.1, -0.05) is 28.1 Å². The molecule has 1 aromatic carbocycles. The third-order valence-electron chi connectivity index (χ3n) is 2.54. The molecule has 0 radical (unpaired) electrons. The summed E-state index contributed by atoms with van der Waals surface area (Å²) in [4.78, 5) is 24.9. The highest BCUT2D eigenvalue weighted by atomic mass is 79.9. The van der Waals surface area contributed by atoms with E-state index >= 15 is 0 Å². The number of carbonyl (C=O) groups excluding carboxylic acids is 2. The molecule has 5 nitrogen and oxygen atoms in total. The Bertz CT molecular complexity index is 512. The van der Waals surface area contributed by atoms with Crippen molar-refractivity contribution in [1.82, 2.24) is 10.2 Å². The third kappa shape index (κ3) is 7.13. The largest absolute Gasteiger partial charge is 0.439 e. The number of hydrogen-bond donors (Lipinski definition) is 1. The van der Waals surface area contributed by atoms with E-state index in [1.807, 2.05) is 45.0 Å². The molecule has 6 heteroatoms. The van der Waals surface area contributed by atoms with Gasteiger partial charge in [0.05, 0.1) is 0 Å². The van der Waals surface area contributed by atoms with Crippen molar-refractivity contribution in [3.63, 3.8) is 0 Å². The molecule has 0 aromatic heterocycles. The molecule has 0 atom stereocenters. The Morgan fingerprint density at radius 3 is 2.57 bits per heavy atom. The Balaban J connectivity index is 2.43. The quantitative estimate of drug-likeness (QED) is 0.902. The molecule has 116 valence electrons. The monoisotopic (exact) mass is 356 g/mol. The van der Waals surface area contributed by atoms with Crippen LogP contribution in [-0.4, -0.2) is 36.1 Å². The van der Waals surface area contributed by atoms with Crippen molar-refractivity contribution in [3.05, 3.63) is 34.3 Å². The van der Waals surface area contributed by atoms with Crippen molar-refractivity contribution in [3.8, 4) is 0 Å². The van der Waals surface area contributed by atoms with Crippen LogP contribution in [0.2, 0.25) is 0 Å². The van der Waals surface area contributed by atoms with Gasteiger partial charge in [0.1, 0.15) is 0 Å². The number of amides is 2. The molecule has 0 aliphatic heterocycles. The lowest BCUT2D eigenvalue weighted by molar-refractivity contribution is -0.133. The first-order valence-electron chi connectivity index (χ1n) is 6.61. The summed E-state index contributed by atoms with van der Waals surface area (Å²) in [5, 5.41) is 2.63. The van der Waals surface area contributed by atoms with Gasteiger partial charge in [0.25, 0.3) is 5.91 Å². The van der Waals surface area contributed by atoms with Crippen LogP contribution in [0.25, 0.3) is 0 Å². The second-order valence-corrected chi connectivity index (χ2v) is 6.75. The molecule has 0 spiro atoms. The average molecular weight is 357 g/mol. The Kier molecular flexibility index (Phi) is 6.20. The SMILES string of the molecule is CN(Cc1cccc(Br)c1)C(=O)COC(=O)NC(C)(C)C. The van der Waals surface area contributed by atoms with Gasteiger partial charge < -0.3 is 15.0 Å².